The number of halogens is 1. The predicted octanol–water partition coefficient (Wildman–Crippen LogP) is 1.37. The molecule has 28 heavy (non-hydrogen) atoms. The standard InChI is InChI=1S/C17H17FN6O3S/c1-9(25)13-4-3-12-14(28(20,27)23-13)8-24(2)16(12)17(26)22-10-5-11(7-19)21-15(18)6-10/h3-6,8-9,13,25H,1-2H3,(H2,20,23,27)(H,21,22,26)/t9?,13-,28?/m1/s1. The van der Waals surface area contributed by atoms with Crippen LogP contribution >= 0.6 is 0 Å². The molecule has 1 amide bonds. The second kappa shape index (κ2) is 7.16. The molecule has 4 N–H and O–H groups in total. The molecule has 0 fully saturated rings. The van der Waals surface area contributed by atoms with E-state index in [1.807, 2.05) is 0 Å². The van der Waals surface area contributed by atoms with Crippen molar-refractivity contribution in [1.29, 1.82) is 10.0 Å². The number of carbonyl (C=O) groups is 1. The Balaban J connectivity index is 2.04. The van der Waals surface area contributed by atoms with E-state index in [9.17, 15) is 18.5 Å². The molecule has 2 aromatic heterocycles. The Labute approximate surface area is 160 Å². The molecule has 2 aromatic rings. The number of hydrogen-bond acceptors (Lipinski definition) is 6. The number of amides is 1. The maximum absolute atomic E-state index is 13.5. The Kier molecular flexibility index (Phi) is 5.03. The first-order valence-electron chi connectivity index (χ1n) is 8.13. The lowest BCUT2D eigenvalue weighted by Crippen LogP contribution is -2.39. The van der Waals surface area contributed by atoms with Crippen molar-refractivity contribution in [3.63, 3.8) is 0 Å². The zero-order chi connectivity index (χ0) is 20.6. The van der Waals surface area contributed by atoms with Gasteiger partial charge in [0.15, 0.2) is 0 Å². The van der Waals surface area contributed by atoms with Crippen molar-refractivity contribution in [3.05, 3.63) is 47.3 Å². The minimum atomic E-state index is -3.48. The molecule has 0 bridgehead atoms. The van der Waals surface area contributed by atoms with E-state index in [1.165, 1.54) is 35.9 Å². The van der Waals surface area contributed by atoms with Gasteiger partial charge in [-0.3, -0.25) is 4.79 Å². The molecule has 0 saturated heterocycles. The number of carbonyl (C=O) groups excluding carboxylic acids is 1. The van der Waals surface area contributed by atoms with Crippen LogP contribution in [0.5, 0.6) is 0 Å². The van der Waals surface area contributed by atoms with Crippen LogP contribution in [0.1, 0.15) is 28.7 Å². The van der Waals surface area contributed by atoms with E-state index in [2.05, 4.69) is 15.0 Å². The summed E-state index contributed by atoms with van der Waals surface area (Å²) in [5, 5.41) is 21.1. The number of aliphatic hydroxyl groups excluding tert-OH is 1. The minimum absolute atomic E-state index is 0.0354. The van der Waals surface area contributed by atoms with Crippen LogP contribution in [0.3, 0.4) is 0 Å². The number of nitrogens with one attached hydrogen (secondary N) is 3. The first-order chi connectivity index (χ1) is 13.1. The lowest BCUT2D eigenvalue weighted by atomic mass is 10.1. The number of fused-ring (bicyclic) bond motifs is 1. The molecular formula is C17H17FN6O3S. The van der Waals surface area contributed by atoms with Gasteiger partial charge in [0, 0.05) is 30.6 Å². The quantitative estimate of drug-likeness (QED) is 0.571. The van der Waals surface area contributed by atoms with Crippen molar-refractivity contribution in [1.82, 2.24) is 14.3 Å². The van der Waals surface area contributed by atoms with Crippen LogP contribution < -0.4 is 10.0 Å². The van der Waals surface area contributed by atoms with Gasteiger partial charge in [0.25, 0.3) is 5.91 Å². The Morgan fingerprint density at radius 1 is 1.57 bits per heavy atom. The molecule has 2 unspecified atom stereocenters. The summed E-state index contributed by atoms with van der Waals surface area (Å²) in [6.07, 6.45) is 3.54. The third kappa shape index (κ3) is 3.65. The van der Waals surface area contributed by atoms with Gasteiger partial charge in [0.05, 0.1) is 17.0 Å². The van der Waals surface area contributed by atoms with Gasteiger partial charge < -0.3 is 15.0 Å². The summed E-state index contributed by atoms with van der Waals surface area (Å²) in [5.74, 6) is -1.56. The summed E-state index contributed by atoms with van der Waals surface area (Å²) >= 11 is 0. The Morgan fingerprint density at radius 2 is 2.29 bits per heavy atom. The van der Waals surface area contributed by atoms with E-state index in [-0.39, 0.29) is 27.5 Å². The number of nitriles is 1. The van der Waals surface area contributed by atoms with E-state index in [1.54, 1.807) is 13.1 Å². The number of aryl methyl sites for hydroxylation is 1. The molecule has 11 heteroatoms. The number of rotatable bonds is 3. The van der Waals surface area contributed by atoms with Gasteiger partial charge in [-0.2, -0.15) is 9.65 Å². The summed E-state index contributed by atoms with van der Waals surface area (Å²) in [4.78, 5) is 16.3. The molecule has 0 aromatic carbocycles. The van der Waals surface area contributed by atoms with Crippen molar-refractivity contribution < 1.29 is 18.5 Å². The van der Waals surface area contributed by atoms with Crippen LogP contribution in [0.2, 0.25) is 0 Å². The van der Waals surface area contributed by atoms with Crippen molar-refractivity contribution in [2.75, 3.05) is 5.32 Å². The van der Waals surface area contributed by atoms with Gasteiger partial charge >= 0.3 is 0 Å². The van der Waals surface area contributed by atoms with Gasteiger partial charge in [-0.15, -0.1) is 0 Å². The Hall–Kier alpha value is -3.07. The molecule has 1 aliphatic rings. The molecular weight excluding hydrogens is 387 g/mol. The Bertz CT molecular complexity index is 1130. The summed E-state index contributed by atoms with van der Waals surface area (Å²) in [6.45, 7) is 1.49. The fraction of sp³-hybridized carbons (Fsp3) is 0.235. The van der Waals surface area contributed by atoms with Crippen molar-refractivity contribution >= 4 is 27.6 Å². The van der Waals surface area contributed by atoms with Gasteiger partial charge in [0.1, 0.15) is 27.4 Å². The molecule has 0 aliphatic carbocycles. The first kappa shape index (κ1) is 19.7. The second-order valence-corrected chi connectivity index (χ2v) is 8.08. The highest BCUT2D eigenvalue weighted by atomic mass is 32.2. The molecule has 3 rings (SSSR count). The third-order valence-electron chi connectivity index (χ3n) is 4.17. The summed E-state index contributed by atoms with van der Waals surface area (Å²) in [6, 6.07) is 3.15. The van der Waals surface area contributed by atoms with Crippen LogP contribution in [0.25, 0.3) is 6.08 Å². The van der Waals surface area contributed by atoms with E-state index in [0.717, 1.165) is 6.07 Å². The van der Waals surface area contributed by atoms with Crippen molar-refractivity contribution in [2.24, 2.45) is 7.05 Å². The Morgan fingerprint density at radius 3 is 2.93 bits per heavy atom. The maximum Gasteiger partial charge on any atom is 0.272 e. The topological polar surface area (TPSA) is 144 Å². The van der Waals surface area contributed by atoms with Gasteiger partial charge in [-0.05, 0) is 13.0 Å². The summed E-state index contributed by atoms with van der Waals surface area (Å²) in [5.41, 5.74) is 0.188. The summed E-state index contributed by atoms with van der Waals surface area (Å²) < 4.78 is 38.5. The van der Waals surface area contributed by atoms with Gasteiger partial charge in [-0.25, -0.2) is 18.7 Å². The highest BCUT2D eigenvalue weighted by Crippen LogP contribution is 2.28. The number of aromatic nitrogens is 2. The SMILES string of the molecule is CC(O)[C@H]1C=Cc2c(cn(C)c2C(=O)Nc2cc(F)nc(C#N)c2)S(=N)(=O)N1. The molecule has 0 radical (unpaired) electrons. The number of nitrogens with zero attached hydrogens (tertiary/aromatic N) is 3. The van der Waals surface area contributed by atoms with E-state index < -0.39 is 33.9 Å². The number of pyridine rings is 1. The monoisotopic (exact) mass is 404 g/mol. The largest absolute Gasteiger partial charge is 0.391 e. The highest BCUT2D eigenvalue weighted by Gasteiger charge is 2.29. The van der Waals surface area contributed by atoms with Crippen LogP contribution in [0.15, 0.2) is 29.3 Å². The zero-order valence-corrected chi connectivity index (χ0v) is 15.7. The van der Waals surface area contributed by atoms with Crippen molar-refractivity contribution in [2.45, 2.75) is 24.0 Å². The third-order valence-corrected chi connectivity index (χ3v) is 5.72. The van der Waals surface area contributed by atoms with Crippen LogP contribution in [0.4, 0.5) is 10.1 Å². The van der Waals surface area contributed by atoms with E-state index >= 15 is 0 Å². The average Bonchev–Trinajstić information content (AvgIpc) is 2.88. The minimum Gasteiger partial charge on any atom is -0.391 e. The van der Waals surface area contributed by atoms with E-state index in [0.29, 0.717) is 0 Å². The van der Waals surface area contributed by atoms with E-state index in [4.69, 9.17) is 10.0 Å². The lowest BCUT2D eigenvalue weighted by Gasteiger charge is -2.17. The molecule has 146 valence electrons. The van der Waals surface area contributed by atoms with Crippen molar-refractivity contribution in [3.8, 4) is 6.07 Å². The molecule has 0 spiro atoms. The maximum atomic E-state index is 13.5. The summed E-state index contributed by atoms with van der Waals surface area (Å²) in [7, 11) is -1.94. The number of aliphatic hydroxyl groups is 1. The fourth-order valence-electron chi connectivity index (χ4n) is 2.86. The number of anilines is 1. The first-order valence-corrected chi connectivity index (χ1v) is 9.69. The second-order valence-electron chi connectivity index (χ2n) is 6.30. The number of hydrogen-bond donors (Lipinski definition) is 4. The van der Waals surface area contributed by atoms with Crippen LogP contribution in [0, 0.1) is 22.1 Å². The molecule has 3 heterocycles. The normalized spacial score (nSPS) is 22.0. The molecule has 9 nitrogen and oxygen atoms in total. The lowest BCUT2D eigenvalue weighted by molar-refractivity contribution is 0.101. The smallest absolute Gasteiger partial charge is 0.272 e. The average molecular weight is 404 g/mol. The zero-order valence-electron chi connectivity index (χ0n) is 14.9. The van der Waals surface area contributed by atoms with Crippen LogP contribution in [-0.4, -0.2) is 36.9 Å². The van der Waals surface area contributed by atoms with Gasteiger partial charge in [0.2, 0.25) is 5.95 Å². The fourth-order valence-corrected chi connectivity index (χ4v) is 4.43. The predicted molar refractivity (Wildman–Crippen MR) is 99.0 cm³/mol. The van der Waals surface area contributed by atoms with Crippen LogP contribution in [-0.2, 0) is 17.0 Å². The molecule has 3 atom stereocenters. The highest BCUT2D eigenvalue weighted by molar-refractivity contribution is 7.90. The molecule has 0 saturated carbocycles. The molecule has 1 aliphatic heterocycles. The van der Waals surface area contributed by atoms with Gasteiger partial charge in [-0.1, -0.05) is 12.2 Å².